The highest BCUT2D eigenvalue weighted by molar-refractivity contribution is 5.94. The molecule has 5 nitrogen and oxygen atoms in total. The van der Waals surface area contributed by atoms with Gasteiger partial charge in [-0.05, 0) is 56.0 Å². The number of nitriles is 1. The number of benzene rings is 2. The second-order valence-electron chi connectivity index (χ2n) is 6.70. The Morgan fingerprint density at radius 2 is 1.56 bits per heavy atom. The molecule has 0 spiro atoms. The lowest BCUT2D eigenvalue weighted by atomic mass is 9.81. The molecule has 0 atom stereocenters. The van der Waals surface area contributed by atoms with Gasteiger partial charge in [0.1, 0.15) is 5.82 Å². The molecule has 1 fully saturated rings. The van der Waals surface area contributed by atoms with E-state index in [9.17, 15) is 14.0 Å². The monoisotopic (exact) mass is 365 g/mol. The molecule has 0 bridgehead atoms. The van der Waals surface area contributed by atoms with E-state index in [1.54, 1.807) is 36.4 Å². The van der Waals surface area contributed by atoms with Crippen molar-refractivity contribution in [1.82, 2.24) is 0 Å². The fourth-order valence-electron chi connectivity index (χ4n) is 3.33. The molecule has 27 heavy (non-hydrogen) atoms. The summed E-state index contributed by atoms with van der Waals surface area (Å²) in [5.74, 6) is -1.17. The molecule has 0 heterocycles. The van der Waals surface area contributed by atoms with E-state index in [0.29, 0.717) is 36.9 Å². The van der Waals surface area contributed by atoms with Crippen molar-refractivity contribution in [3.05, 3.63) is 59.9 Å². The molecule has 2 amide bonds. The van der Waals surface area contributed by atoms with Gasteiger partial charge in [0.05, 0.1) is 17.3 Å². The summed E-state index contributed by atoms with van der Waals surface area (Å²) in [4.78, 5) is 24.8. The van der Waals surface area contributed by atoms with Crippen LogP contribution < -0.4 is 10.6 Å². The van der Waals surface area contributed by atoms with Crippen molar-refractivity contribution in [2.24, 2.45) is 11.8 Å². The molecule has 0 radical (unpaired) electrons. The molecule has 1 aliphatic carbocycles. The molecular weight excluding hydrogens is 345 g/mol. The van der Waals surface area contributed by atoms with Crippen molar-refractivity contribution in [3.63, 3.8) is 0 Å². The third-order valence-electron chi connectivity index (χ3n) is 4.86. The van der Waals surface area contributed by atoms with E-state index >= 15 is 0 Å². The highest BCUT2D eigenvalue weighted by atomic mass is 19.1. The molecule has 138 valence electrons. The van der Waals surface area contributed by atoms with E-state index in [0.717, 1.165) is 0 Å². The first kappa shape index (κ1) is 18.6. The minimum absolute atomic E-state index is 0.0990. The van der Waals surface area contributed by atoms with Gasteiger partial charge in [0.2, 0.25) is 11.8 Å². The molecular formula is C21H20FN3O2. The third kappa shape index (κ3) is 4.70. The highest BCUT2D eigenvalue weighted by Crippen LogP contribution is 2.31. The molecule has 3 rings (SSSR count). The lowest BCUT2D eigenvalue weighted by Crippen LogP contribution is -2.32. The summed E-state index contributed by atoms with van der Waals surface area (Å²) in [6.07, 6.45) is 2.35. The highest BCUT2D eigenvalue weighted by Gasteiger charge is 2.30. The summed E-state index contributed by atoms with van der Waals surface area (Å²) in [7, 11) is 0. The van der Waals surface area contributed by atoms with Crippen LogP contribution in [0.4, 0.5) is 15.8 Å². The third-order valence-corrected chi connectivity index (χ3v) is 4.86. The number of hydrogen-bond acceptors (Lipinski definition) is 3. The number of hydrogen-bond donors (Lipinski definition) is 2. The smallest absolute Gasteiger partial charge is 0.227 e. The van der Waals surface area contributed by atoms with Gasteiger partial charge in [0.15, 0.2) is 0 Å². The standard InChI is InChI=1S/C21H20FN3O2/c22-18-6-1-2-7-19(18)25-21(27)16-10-8-15(9-11-16)20(26)24-17-5-3-4-14(12-17)13-23/h1-7,12,15-16H,8-11H2,(H,24,26)(H,25,27). The van der Waals surface area contributed by atoms with Crippen LogP contribution in [0.3, 0.4) is 0 Å². The average molecular weight is 365 g/mol. The fraction of sp³-hybridized carbons (Fsp3) is 0.286. The lowest BCUT2D eigenvalue weighted by Gasteiger charge is -2.27. The van der Waals surface area contributed by atoms with E-state index in [4.69, 9.17) is 5.26 Å². The Kier molecular flexibility index (Phi) is 5.82. The number of nitrogens with zero attached hydrogens (tertiary/aromatic N) is 1. The summed E-state index contributed by atoms with van der Waals surface area (Å²) >= 11 is 0. The van der Waals surface area contributed by atoms with Crippen LogP contribution in [-0.2, 0) is 9.59 Å². The van der Waals surface area contributed by atoms with Crippen LogP contribution in [0, 0.1) is 29.0 Å². The van der Waals surface area contributed by atoms with Crippen LogP contribution in [0.1, 0.15) is 31.2 Å². The summed E-state index contributed by atoms with van der Waals surface area (Å²) in [6.45, 7) is 0. The largest absolute Gasteiger partial charge is 0.326 e. The van der Waals surface area contributed by atoms with Crippen LogP contribution in [0.25, 0.3) is 0 Å². The van der Waals surface area contributed by atoms with Crippen LogP contribution in [0.2, 0.25) is 0 Å². The van der Waals surface area contributed by atoms with Crippen molar-refractivity contribution in [1.29, 1.82) is 5.26 Å². The lowest BCUT2D eigenvalue weighted by molar-refractivity contribution is -0.125. The van der Waals surface area contributed by atoms with Gasteiger partial charge in [-0.15, -0.1) is 0 Å². The van der Waals surface area contributed by atoms with Gasteiger partial charge in [-0.1, -0.05) is 18.2 Å². The summed E-state index contributed by atoms with van der Waals surface area (Å²) in [5.41, 5.74) is 1.26. The molecule has 1 saturated carbocycles. The number of nitrogens with one attached hydrogen (secondary N) is 2. The first-order valence-corrected chi connectivity index (χ1v) is 8.93. The minimum Gasteiger partial charge on any atom is -0.326 e. The van der Waals surface area contributed by atoms with Gasteiger partial charge >= 0.3 is 0 Å². The van der Waals surface area contributed by atoms with Gasteiger partial charge in [-0.2, -0.15) is 5.26 Å². The molecule has 2 aromatic carbocycles. The van der Waals surface area contributed by atoms with Crippen molar-refractivity contribution >= 4 is 23.2 Å². The Hall–Kier alpha value is -3.20. The number of amides is 2. The summed E-state index contributed by atoms with van der Waals surface area (Å²) < 4.78 is 13.7. The van der Waals surface area contributed by atoms with E-state index < -0.39 is 5.82 Å². The van der Waals surface area contributed by atoms with Crippen LogP contribution >= 0.6 is 0 Å². The van der Waals surface area contributed by atoms with Gasteiger partial charge in [-0.25, -0.2) is 4.39 Å². The van der Waals surface area contributed by atoms with Crippen LogP contribution in [-0.4, -0.2) is 11.8 Å². The summed E-state index contributed by atoms with van der Waals surface area (Å²) in [6, 6.07) is 14.9. The predicted molar refractivity (Wildman–Crippen MR) is 100 cm³/mol. The van der Waals surface area contributed by atoms with E-state index in [1.165, 1.54) is 12.1 Å². The number of carbonyl (C=O) groups is 2. The number of anilines is 2. The Morgan fingerprint density at radius 3 is 2.19 bits per heavy atom. The molecule has 2 N–H and O–H groups in total. The summed E-state index contributed by atoms with van der Waals surface area (Å²) in [5, 5.41) is 14.4. The molecule has 0 aromatic heterocycles. The zero-order valence-electron chi connectivity index (χ0n) is 14.7. The molecule has 0 unspecified atom stereocenters. The van der Waals surface area contributed by atoms with Crippen molar-refractivity contribution < 1.29 is 14.0 Å². The van der Waals surface area contributed by atoms with Gasteiger partial charge < -0.3 is 10.6 Å². The normalized spacial score (nSPS) is 19.0. The van der Waals surface area contributed by atoms with Gasteiger partial charge in [0, 0.05) is 17.5 Å². The van der Waals surface area contributed by atoms with E-state index in [2.05, 4.69) is 10.6 Å². The Balaban J connectivity index is 1.52. The van der Waals surface area contributed by atoms with Gasteiger partial charge in [-0.3, -0.25) is 9.59 Å². The SMILES string of the molecule is N#Cc1cccc(NC(=O)C2CCC(C(=O)Nc3ccccc3F)CC2)c1. The maximum absolute atomic E-state index is 13.7. The number of rotatable bonds is 4. The Labute approximate surface area is 157 Å². The Morgan fingerprint density at radius 1 is 0.926 bits per heavy atom. The van der Waals surface area contributed by atoms with Crippen molar-refractivity contribution in [3.8, 4) is 6.07 Å². The van der Waals surface area contributed by atoms with Crippen LogP contribution in [0.5, 0.6) is 0 Å². The molecule has 0 aliphatic heterocycles. The predicted octanol–water partition coefficient (Wildman–Crippen LogP) is 4.08. The second-order valence-corrected chi connectivity index (χ2v) is 6.70. The van der Waals surface area contributed by atoms with Crippen molar-refractivity contribution in [2.45, 2.75) is 25.7 Å². The maximum Gasteiger partial charge on any atom is 0.227 e. The number of para-hydroxylation sites is 1. The molecule has 1 aliphatic rings. The molecule has 6 heteroatoms. The topological polar surface area (TPSA) is 82.0 Å². The van der Waals surface area contributed by atoms with Gasteiger partial charge in [0.25, 0.3) is 0 Å². The first-order valence-electron chi connectivity index (χ1n) is 8.93. The molecule has 2 aromatic rings. The maximum atomic E-state index is 13.7. The minimum atomic E-state index is -0.460. The zero-order valence-corrected chi connectivity index (χ0v) is 14.7. The van der Waals surface area contributed by atoms with E-state index in [1.807, 2.05) is 6.07 Å². The zero-order chi connectivity index (χ0) is 19.2. The molecule has 0 saturated heterocycles. The Bertz CT molecular complexity index is 883. The number of carbonyl (C=O) groups excluding carboxylic acids is 2. The second kappa shape index (κ2) is 8.45. The average Bonchev–Trinajstić information content (AvgIpc) is 2.70. The quantitative estimate of drug-likeness (QED) is 0.856. The van der Waals surface area contributed by atoms with Crippen molar-refractivity contribution in [2.75, 3.05) is 10.6 Å². The fourth-order valence-corrected chi connectivity index (χ4v) is 3.33. The van der Waals surface area contributed by atoms with E-state index in [-0.39, 0.29) is 29.3 Å². The van der Waals surface area contributed by atoms with Crippen LogP contribution in [0.15, 0.2) is 48.5 Å². The number of halogens is 1. The first-order chi connectivity index (χ1) is 13.1.